The SMILES string of the molecule is Nc1cn(C(=O)OCc2ccccc2)cc1O. The molecule has 2 aromatic rings. The van der Waals surface area contributed by atoms with Crippen molar-refractivity contribution < 1.29 is 14.6 Å². The van der Waals surface area contributed by atoms with Crippen molar-refractivity contribution in [3.63, 3.8) is 0 Å². The van der Waals surface area contributed by atoms with Crippen LogP contribution in [0.5, 0.6) is 5.75 Å². The number of nitrogens with zero attached hydrogens (tertiary/aromatic N) is 1. The molecule has 0 saturated heterocycles. The number of carbonyl (C=O) groups is 1. The smallest absolute Gasteiger partial charge is 0.418 e. The Labute approximate surface area is 98.0 Å². The van der Waals surface area contributed by atoms with Gasteiger partial charge in [-0.05, 0) is 5.56 Å². The number of rotatable bonds is 2. The third kappa shape index (κ3) is 2.57. The van der Waals surface area contributed by atoms with Crippen LogP contribution in [0.1, 0.15) is 5.56 Å². The molecule has 0 aliphatic rings. The molecule has 88 valence electrons. The van der Waals surface area contributed by atoms with E-state index < -0.39 is 6.09 Å². The first-order chi connectivity index (χ1) is 8.16. The molecule has 0 spiro atoms. The van der Waals surface area contributed by atoms with Crippen LogP contribution in [0, 0.1) is 0 Å². The highest BCUT2D eigenvalue weighted by Crippen LogP contribution is 2.20. The van der Waals surface area contributed by atoms with Crippen molar-refractivity contribution >= 4 is 11.8 Å². The number of hydrogen-bond acceptors (Lipinski definition) is 4. The van der Waals surface area contributed by atoms with Crippen LogP contribution < -0.4 is 5.73 Å². The van der Waals surface area contributed by atoms with Crippen molar-refractivity contribution in [3.8, 4) is 5.75 Å². The minimum Gasteiger partial charge on any atom is -0.504 e. The third-order valence-corrected chi connectivity index (χ3v) is 2.25. The van der Waals surface area contributed by atoms with Crippen molar-refractivity contribution in [2.24, 2.45) is 0 Å². The lowest BCUT2D eigenvalue weighted by Gasteiger charge is -2.04. The van der Waals surface area contributed by atoms with E-state index in [0.717, 1.165) is 10.1 Å². The zero-order valence-corrected chi connectivity index (χ0v) is 9.04. The minimum atomic E-state index is -0.583. The van der Waals surface area contributed by atoms with Gasteiger partial charge < -0.3 is 15.6 Å². The van der Waals surface area contributed by atoms with Crippen LogP contribution in [0.15, 0.2) is 42.7 Å². The number of anilines is 1. The molecule has 0 aliphatic carbocycles. The summed E-state index contributed by atoms with van der Waals surface area (Å²) < 4.78 is 6.14. The van der Waals surface area contributed by atoms with Gasteiger partial charge in [0.05, 0.1) is 11.9 Å². The number of benzene rings is 1. The predicted molar refractivity (Wildman–Crippen MR) is 62.5 cm³/mol. The number of carbonyl (C=O) groups excluding carboxylic acids is 1. The first kappa shape index (κ1) is 11.1. The first-order valence-electron chi connectivity index (χ1n) is 5.04. The van der Waals surface area contributed by atoms with Gasteiger partial charge in [0, 0.05) is 6.20 Å². The maximum absolute atomic E-state index is 11.6. The van der Waals surface area contributed by atoms with Crippen molar-refractivity contribution in [2.45, 2.75) is 6.61 Å². The van der Waals surface area contributed by atoms with Gasteiger partial charge in [0.15, 0.2) is 5.75 Å². The Bertz CT molecular complexity index is 500. The summed E-state index contributed by atoms with van der Waals surface area (Å²) in [6.45, 7) is 0.179. The molecule has 0 unspecified atom stereocenters. The van der Waals surface area contributed by atoms with Crippen LogP contribution in [0.3, 0.4) is 0 Å². The molecule has 5 nitrogen and oxygen atoms in total. The Morgan fingerprint density at radius 2 is 2.00 bits per heavy atom. The quantitative estimate of drug-likeness (QED) is 0.829. The predicted octanol–water partition coefficient (Wildman–Crippen LogP) is 1.96. The summed E-state index contributed by atoms with van der Waals surface area (Å²) in [5.74, 6) is -0.137. The van der Waals surface area contributed by atoms with E-state index in [0.29, 0.717) is 0 Å². The van der Waals surface area contributed by atoms with Crippen molar-refractivity contribution in [1.82, 2.24) is 4.57 Å². The molecule has 0 amide bonds. The van der Waals surface area contributed by atoms with Gasteiger partial charge in [0.25, 0.3) is 0 Å². The van der Waals surface area contributed by atoms with E-state index in [9.17, 15) is 9.90 Å². The second kappa shape index (κ2) is 4.61. The molecular formula is C12H12N2O3. The Morgan fingerprint density at radius 1 is 1.29 bits per heavy atom. The van der Waals surface area contributed by atoms with Gasteiger partial charge in [-0.25, -0.2) is 4.79 Å². The molecule has 0 bridgehead atoms. The highest BCUT2D eigenvalue weighted by atomic mass is 16.5. The second-order valence-corrected chi connectivity index (χ2v) is 3.55. The monoisotopic (exact) mass is 232 g/mol. The Morgan fingerprint density at radius 3 is 2.59 bits per heavy atom. The number of nitrogens with two attached hydrogens (primary N) is 1. The lowest BCUT2D eigenvalue weighted by molar-refractivity contribution is 0.141. The van der Waals surface area contributed by atoms with Gasteiger partial charge in [0.1, 0.15) is 6.61 Å². The maximum atomic E-state index is 11.6. The molecule has 0 saturated carbocycles. The van der Waals surface area contributed by atoms with Crippen LogP contribution in [-0.2, 0) is 11.3 Å². The van der Waals surface area contributed by atoms with Gasteiger partial charge in [-0.15, -0.1) is 0 Å². The van der Waals surface area contributed by atoms with E-state index in [-0.39, 0.29) is 18.0 Å². The maximum Gasteiger partial charge on any atom is 0.418 e. The molecule has 1 aromatic heterocycles. The van der Waals surface area contributed by atoms with E-state index in [4.69, 9.17) is 10.5 Å². The average Bonchev–Trinajstić information content (AvgIpc) is 2.68. The standard InChI is InChI=1S/C12H12N2O3/c13-10-6-14(7-11(10)15)12(16)17-8-9-4-2-1-3-5-9/h1-7,15H,8,13H2. The van der Waals surface area contributed by atoms with Crippen LogP contribution in [0.4, 0.5) is 10.5 Å². The number of aromatic hydroxyl groups is 1. The molecule has 2 rings (SSSR count). The lowest BCUT2D eigenvalue weighted by Crippen LogP contribution is -2.11. The van der Waals surface area contributed by atoms with Gasteiger partial charge >= 0.3 is 6.09 Å². The van der Waals surface area contributed by atoms with Crippen molar-refractivity contribution in [1.29, 1.82) is 0 Å². The molecule has 0 atom stereocenters. The zero-order valence-electron chi connectivity index (χ0n) is 9.04. The first-order valence-corrected chi connectivity index (χ1v) is 5.04. The molecule has 0 fully saturated rings. The average molecular weight is 232 g/mol. The Hall–Kier alpha value is -2.43. The molecule has 5 heteroatoms. The number of nitrogen functional groups attached to an aromatic ring is 1. The van der Waals surface area contributed by atoms with E-state index in [1.165, 1.54) is 12.4 Å². The minimum absolute atomic E-state index is 0.137. The summed E-state index contributed by atoms with van der Waals surface area (Å²) in [6.07, 6.45) is 1.94. The molecule has 1 aromatic carbocycles. The van der Waals surface area contributed by atoms with Gasteiger partial charge in [-0.2, -0.15) is 0 Å². The fourth-order valence-electron chi connectivity index (χ4n) is 1.36. The fourth-order valence-corrected chi connectivity index (χ4v) is 1.36. The van der Waals surface area contributed by atoms with E-state index in [1.807, 2.05) is 30.3 Å². The molecule has 17 heavy (non-hydrogen) atoms. The molecule has 3 N–H and O–H groups in total. The van der Waals surface area contributed by atoms with Crippen molar-refractivity contribution in [3.05, 3.63) is 48.3 Å². The summed E-state index contributed by atoms with van der Waals surface area (Å²) >= 11 is 0. The highest BCUT2D eigenvalue weighted by Gasteiger charge is 2.09. The zero-order chi connectivity index (χ0) is 12.3. The summed E-state index contributed by atoms with van der Waals surface area (Å²) in [5, 5.41) is 9.22. The Kier molecular flexibility index (Phi) is 3.00. The van der Waals surface area contributed by atoms with E-state index >= 15 is 0 Å². The van der Waals surface area contributed by atoms with E-state index in [1.54, 1.807) is 0 Å². The highest BCUT2D eigenvalue weighted by molar-refractivity contribution is 5.73. The molecule has 0 radical (unpaired) electrons. The van der Waals surface area contributed by atoms with Crippen LogP contribution in [0.2, 0.25) is 0 Å². The van der Waals surface area contributed by atoms with Gasteiger partial charge in [-0.3, -0.25) is 4.57 Å². The third-order valence-electron chi connectivity index (χ3n) is 2.25. The topological polar surface area (TPSA) is 77.5 Å². The van der Waals surface area contributed by atoms with Crippen LogP contribution >= 0.6 is 0 Å². The van der Waals surface area contributed by atoms with E-state index in [2.05, 4.69) is 0 Å². The number of ether oxygens (including phenoxy) is 1. The molecule has 1 heterocycles. The lowest BCUT2D eigenvalue weighted by atomic mass is 10.2. The summed E-state index contributed by atoms with van der Waals surface area (Å²) in [6, 6.07) is 9.32. The van der Waals surface area contributed by atoms with Gasteiger partial charge in [0.2, 0.25) is 0 Å². The fraction of sp³-hybridized carbons (Fsp3) is 0.0833. The second-order valence-electron chi connectivity index (χ2n) is 3.55. The normalized spacial score (nSPS) is 10.1. The van der Waals surface area contributed by atoms with Crippen LogP contribution in [-0.4, -0.2) is 15.8 Å². The summed E-state index contributed by atoms with van der Waals surface area (Å²) in [7, 11) is 0. The van der Waals surface area contributed by atoms with Crippen molar-refractivity contribution in [2.75, 3.05) is 5.73 Å². The molecule has 0 aliphatic heterocycles. The van der Waals surface area contributed by atoms with Gasteiger partial charge in [-0.1, -0.05) is 30.3 Å². The van der Waals surface area contributed by atoms with Crippen LogP contribution in [0.25, 0.3) is 0 Å². The number of aromatic nitrogens is 1. The summed E-state index contributed by atoms with van der Waals surface area (Å²) in [4.78, 5) is 11.6. The number of hydrogen-bond donors (Lipinski definition) is 2. The summed E-state index contributed by atoms with van der Waals surface area (Å²) in [5.41, 5.74) is 6.44. The largest absolute Gasteiger partial charge is 0.504 e. The molecular weight excluding hydrogens is 220 g/mol. The Balaban J connectivity index is 1.98.